The number of anilines is 4. The van der Waals surface area contributed by atoms with Crippen LogP contribution in [-0.4, -0.2) is 66.6 Å². The molecule has 272 valence electrons. The van der Waals surface area contributed by atoms with Crippen molar-refractivity contribution in [1.29, 1.82) is 0 Å². The second kappa shape index (κ2) is 15.1. The Kier molecular flexibility index (Phi) is 10.5. The van der Waals surface area contributed by atoms with Crippen LogP contribution in [0.3, 0.4) is 0 Å². The minimum absolute atomic E-state index is 0.628. The lowest BCUT2D eigenvalue weighted by molar-refractivity contribution is 0.125. The molecule has 0 radical (unpaired) electrons. The van der Waals surface area contributed by atoms with Crippen molar-refractivity contribution in [2.75, 3.05) is 76.0 Å². The number of hydrogen-bond donors (Lipinski definition) is 2. The van der Waals surface area contributed by atoms with Crippen molar-refractivity contribution in [2.45, 2.75) is 11.2 Å². The number of benzene rings is 6. The summed E-state index contributed by atoms with van der Waals surface area (Å²) < 4.78 is 6.32. The lowest BCUT2D eigenvalue weighted by atomic mass is 9.80. The van der Waals surface area contributed by atoms with Crippen LogP contribution < -0.4 is 24.3 Å². The maximum atomic E-state index is 12.5. The Balaban J connectivity index is 1.30. The van der Waals surface area contributed by atoms with Gasteiger partial charge in [0.05, 0.1) is 0 Å². The standard InChI is InChI=1S/C46H50N4O3/c1-47(2)39-21-9-33(10-22-39)45(51,34-11-23-40(24-12-34)48(3)4)37-17-29-43(30-18-37)53-44-31-19-38(20-32-44)46(52,35-13-25-41(26-14-35)49(5)6)36-15-27-42(28-16-36)50(7)8/h9-32,51-52H,1-8H3. The Bertz CT molecular complexity index is 1830. The van der Waals surface area contributed by atoms with Gasteiger partial charge in [-0.05, 0) is 106 Å². The van der Waals surface area contributed by atoms with Crippen LogP contribution >= 0.6 is 0 Å². The summed E-state index contributed by atoms with van der Waals surface area (Å²) >= 11 is 0. The highest BCUT2D eigenvalue weighted by atomic mass is 16.5. The minimum Gasteiger partial charge on any atom is -0.457 e. The molecule has 0 heterocycles. The molecule has 0 spiro atoms. The third-order valence-corrected chi connectivity index (χ3v) is 9.99. The summed E-state index contributed by atoms with van der Waals surface area (Å²) in [6, 6.07) is 47.2. The van der Waals surface area contributed by atoms with Crippen LogP contribution in [-0.2, 0) is 11.2 Å². The molecular weight excluding hydrogens is 657 g/mol. The van der Waals surface area contributed by atoms with E-state index in [0.29, 0.717) is 11.5 Å². The zero-order valence-electron chi connectivity index (χ0n) is 31.9. The second-order valence-corrected chi connectivity index (χ2v) is 14.3. The Morgan fingerprint density at radius 2 is 0.472 bits per heavy atom. The average Bonchev–Trinajstić information content (AvgIpc) is 3.18. The van der Waals surface area contributed by atoms with Gasteiger partial charge in [-0.15, -0.1) is 0 Å². The first-order chi connectivity index (χ1) is 25.3. The molecule has 0 aromatic heterocycles. The predicted octanol–water partition coefficient (Wildman–Crippen LogP) is 8.31. The molecule has 0 bridgehead atoms. The highest BCUT2D eigenvalue weighted by molar-refractivity contribution is 5.58. The van der Waals surface area contributed by atoms with Gasteiger partial charge in [-0.2, -0.15) is 0 Å². The van der Waals surface area contributed by atoms with Crippen molar-refractivity contribution in [3.05, 3.63) is 179 Å². The summed E-state index contributed by atoms with van der Waals surface area (Å²) in [5.41, 5.74) is 5.95. The van der Waals surface area contributed by atoms with Gasteiger partial charge in [0.25, 0.3) is 0 Å². The van der Waals surface area contributed by atoms with E-state index >= 15 is 0 Å². The summed E-state index contributed by atoms with van der Waals surface area (Å²) in [6.45, 7) is 0. The maximum absolute atomic E-state index is 12.5. The summed E-state index contributed by atoms with van der Waals surface area (Å²) in [7, 11) is 16.0. The van der Waals surface area contributed by atoms with E-state index in [1.54, 1.807) is 0 Å². The lowest BCUT2D eigenvalue weighted by Crippen LogP contribution is -2.29. The summed E-state index contributed by atoms with van der Waals surface area (Å²) in [5.74, 6) is 1.26. The Labute approximate surface area is 314 Å². The molecule has 7 nitrogen and oxygen atoms in total. The highest BCUT2D eigenvalue weighted by Gasteiger charge is 2.35. The molecule has 7 heteroatoms. The van der Waals surface area contributed by atoms with Crippen LogP contribution in [0.4, 0.5) is 22.7 Å². The zero-order chi connectivity index (χ0) is 37.9. The fraction of sp³-hybridized carbons (Fsp3) is 0.217. The van der Waals surface area contributed by atoms with Gasteiger partial charge in [-0.25, -0.2) is 0 Å². The summed E-state index contributed by atoms with van der Waals surface area (Å²) in [5, 5.41) is 25.1. The molecule has 6 rings (SSSR count). The molecule has 0 fully saturated rings. The quantitative estimate of drug-likeness (QED) is 0.124. The van der Waals surface area contributed by atoms with Gasteiger partial charge >= 0.3 is 0 Å². The molecule has 0 aliphatic carbocycles. The summed E-state index contributed by atoms with van der Waals surface area (Å²) in [4.78, 5) is 8.16. The largest absolute Gasteiger partial charge is 0.457 e. The molecule has 2 N–H and O–H groups in total. The topological polar surface area (TPSA) is 62.7 Å². The first-order valence-corrected chi connectivity index (χ1v) is 17.8. The van der Waals surface area contributed by atoms with Crippen LogP contribution in [0.1, 0.15) is 33.4 Å². The average molecular weight is 707 g/mol. The second-order valence-electron chi connectivity index (χ2n) is 14.3. The molecule has 0 saturated carbocycles. The van der Waals surface area contributed by atoms with Crippen LogP contribution in [0, 0.1) is 0 Å². The molecular formula is C46H50N4O3. The molecule has 0 aliphatic heterocycles. The molecule has 6 aromatic carbocycles. The van der Waals surface area contributed by atoms with Gasteiger partial charge in [-0.3, -0.25) is 0 Å². The molecule has 0 unspecified atom stereocenters. The van der Waals surface area contributed by atoms with Gasteiger partial charge < -0.3 is 34.5 Å². The number of aliphatic hydroxyl groups is 2. The van der Waals surface area contributed by atoms with Gasteiger partial charge in [0, 0.05) is 79.1 Å². The van der Waals surface area contributed by atoms with Crippen LogP contribution in [0.5, 0.6) is 11.5 Å². The number of rotatable bonds is 12. The normalized spacial score (nSPS) is 11.6. The highest BCUT2D eigenvalue weighted by Crippen LogP contribution is 2.41. The smallest absolute Gasteiger partial charge is 0.140 e. The van der Waals surface area contributed by atoms with Crippen LogP contribution in [0.25, 0.3) is 0 Å². The van der Waals surface area contributed by atoms with Crippen molar-refractivity contribution in [1.82, 2.24) is 0 Å². The fourth-order valence-electron chi connectivity index (χ4n) is 6.67. The zero-order valence-corrected chi connectivity index (χ0v) is 31.9. The Morgan fingerprint density at radius 3 is 0.642 bits per heavy atom. The van der Waals surface area contributed by atoms with E-state index < -0.39 is 11.2 Å². The SMILES string of the molecule is CN(C)c1ccc(C(O)(c2ccc(Oc3ccc(C(O)(c4ccc(N(C)C)cc4)c4ccc(N(C)C)cc4)cc3)cc2)c2ccc(N(C)C)cc2)cc1. The molecule has 0 atom stereocenters. The van der Waals surface area contributed by atoms with Gasteiger partial charge in [-0.1, -0.05) is 72.8 Å². The van der Waals surface area contributed by atoms with Crippen molar-refractivity contribution in [3.63, 3.8) is 0 Å². The van der Waals surface area contributed by atoms with E-state index in [1.807, 2.05) is 222 Å². The number of hydrogen-bond acceptors (Lipinski definition) is 7. The van der Waals surface area contributed by atoms with Crippen molar-refractivity contribution in [2.24, 2.45) is 0 Å². The molecule has 0 saturated heterocycles. The monoisotopic (exact) mass is 706 g/mol. The third kappa shape index (κ3) is 7.45. The van der Waals surface area contributed by atoms with E-state index in [2.05, 4.69) is 0 Å². The lowest BCUT2D eigenvalue weighted by Gasteiger charge is -2.31. The van der Waals surface area contributed by atoms with E-state index in [1.165, 1.54) is 0 Å². The van der Waals surface area contributed by atoms with E-state index in [-0.39, 0.29) is 0 Å². The third-order valence-electron chi connectivity index (χ3n) is 9.99. The first kappa shape index (κ1) is 37.0. The maximum Gasteiger partial charge on any atom is 0.140 e. The van der Waals surface area contributed by atoms with Gasteiger partial charge in [0.1, 0.15) is 22.7 Å². The fourth-order valence-corrected chi connectivity index (χ4v) is 6.67. The van der Waals surface area contributed by atoms with Crippen molar-refractivity contribution in [3.8, 4) is 11.5 Å². The predicted molar refractivity (Wildman–Crippen MR) is 220 cm³/mol. The minimum atomic E-state index is -1.39. The van der Waals surface area contributed by atoms with Gasteiger partial charge in [0.15, 0.2) is 0 Å². The number of nitrogens with zero attached hydrogens (tertiary/aromatic N) is 4. The summed E-state index contributed by atoms with van der Waals surface area (Å²) in [6.07, 6.45) is 0. The first-order valence-electron chi connectivity index (χ1n) is 17.8. The van der Waals surface area contributed by atoms with Crippen molar-refractivity contribution >= 4 is 22.7 Å². The number of ether oxygens (including phenoxy) is 1. The van der Waals surface area contributed by atoms with Crippen LogP contribution in [0.15, 0.2) is 146 Å². The van der Waals surface area contributed by atoms with Gasteiger partial charge in [0.2, 0.25) is 0 Å². The molecule has 0 aliphatic rings. The van der Waals surface area contributed by atoms with E-state index in [4.69, 9.17) is 4.74 Å². The Hall–Kier alpha value is -5.76. The van der Waals surface area contributed by atoms with E-state index in [0.717, 1.165) is 56.1 Å². The van der Waals surface area contributed by atoms with Crippen LogP contribution in [0.2, 0.25) is 0 Å². The molecule has 0 amide bonds. The van der Waals surface area contributed by atoms with Crippen molar-refractivity contribution < 1.29 is 14.9 Å². The Morgan fingerprint density at radius 1 is 0.302 bits per heavy atom. The van der Waals surface area contributed by atoms with E-state index in [9.17, 15) is 10.2 Å². The molecule has 53 heavy (non-hydrogen) atoms. The molecule has 6 aromatic rings.